The predicted octanol–water partition coefficient (Wildman–Crippen LogP) is 3.39. The van der Waals surface area contributed by atoms with Crippen molar-refractivity contribution in [3.63, 3.8) is 0 Å². The zero-order valence-electron chi connectivity index (χ0n) is 18.6. The quantitative estimate of drug-likeness (QED) is 0.605. The van der Waals surface area contributed by atoms with Gasteiger partial charge < -0.3 is 19.4 Å². The lowest BCUT2D eigenvalue weighted by Crippen LogP contribution is -2.43. The van der Waals surface area contributed by atoms with Crippen molar-refractivity contribution in [3.8, 4) is 11.3 Å². The number of benzene rings is 1. The van der Waals surface area contributed by atoms with Crippen molar-refractivity contribution in [1.82, 2.24) is 30.2 Å². The second kappa shape index (κ2) is 9.22. The van der Waals surface area contributed by atoms with Gasteiger partial charge in [0.1, 0.15) is 5.60 Å². The molecule has 2 atom stereocenters. The number of likely N-dealkylation sites (tertiary alicyclic amines) is 1. The number of carbonyl (C=O) groups excluding carboxylic acids is 2. The number of oxazole rings is 1. The lowest BCUT2D eigenvalue weighted by atomic mass is 10.1. The first-order valence-electron chi connectivity index (χ1n) is 10.5. The van der Waals surface area contributed by atoms with E-state index in [1.54, 1.807) is 40.2 Å². The van der Waals surface area contributed by atoms with Crippen molar-refractivity contribution in [3.05, 3.63) is 53.8 Å². The van der Waals surface area contributed by atoms with Gasteiger partial charge in [-0.1, -0.05) is 28.9 Å². The van der Waals surface area contributed by atoms with Gasteiger partial charge in [0.05, 0.1) is 25.0 Å². The molecule has 1 aliphatic heterocycles. The summed E-state index contributed by atoms with van der Waals surface area (Å²) >= 11 is 6.03. The van der Waals surface area contributed by atoms with Gasteiger partial charge in [-0.2, -0.15) is 0 Å². The molecule has 0 aliphatic carbocycles. The number of hydrogen-bond acceptors (Lipinski definition) is 7. The van der Waals surface area contributed by atoms with Crippen molar-refractivity contribution in [2.24, 2.45) is 0 Å². The number of amides is 2. The van der Waals surface area contributed by atoms with E-state index >= 15 is 0 Å². The van der Waals surface area contributed by atoms with Crippen LogP contribution in [0.5, 0.6) is 0 Å². The van der Waals surface area contributed by atoms with Gasteiger partial charge in [-0.3, -0.25) is 9.48 Å². The first-order chi connectivity index (χ1) is 15.7. The van der Waals surface area contributed by atoms with Crippen molar-refractivity contribution in [1.29, 1.82) is 0 Å². The first kappa shape index (κ1) is 22.8. The van der Waals surface area contributed by atoms with E-state index in [0.717, 1.165) is 5.56 Å². The van der Waals surface area contributed by atoms with Crippen LogP contribution in [-0.2, 0) is 11.3 Å². The fourth-order valence-electron chi connectivity index (χ4n) is 3.69. The molecule has 10 nitrogen and oxygen atoms in total. The van der Waals surface area contributed by atoms with Gasteiger partial charge in [0.25, 0.3) is 5.89 Å². The standard InChI is InChI=1S/C22H25ClN6O4/c1-22(2,3)33-21(31)29-12-16(10-17(29)13-28-8-7-25-27-28)26-19(30)20-24-11-18(32-20)14-5-4-6-15(23)9-14/h4-9,11,16-17H,10,12-13H2,1-3H3,(H,26,30). The number of halogens is 1. The molecule has 0 saturated carbocycles. The maximum atomic E-state index is 12.8. The SMILES string of the molecule is CC(C)(C)OC(=O)N1CC(NC(=O)c2ncc(-c3cccc(Cl)c3)o2)CC1Cn1ccnn1. The summed E-state index contributed by atoms with van der Waals surface area (Å²) in [5.41, 5.74) is 0.0873. The summed E-state index contributed by atoms with van der Waals surface area (Å²) in [6.45, 7) is 6.16. The number of hydrogen-bond donors (Lipinski definition) is 1. The van der Waals surface area contributed by atoms with E-state index in [9.17, 15) is 9.59 Å². The Kier molecular flexibility index (Phi) is 6.37. The van der Waals surface area contributed by atoms with E-state index < -0.39 is 17.6 Å². The average molecular weight is 473 g/mol. The van der Waals surface area contributed by atoms with Gasteiger partial charge in [0.15, 0.2) is 5.76 Å². The molecule has 0 spiro atoms. The van der Waals surface area contributed by atoms with E-state index in [1.165, 1.54) is 6.20 Å². The Bertz CT molecular complexity index is 1120. The number of ether oxygens (including phenoxy) is 1. The minimum Gasteiger partial charge on any atom is -0.444 e. The molecule has 1 saturated heterocycles. The third kappa shape index (κ3) is 5.70. The smallest absolute Gasteiger partial charge is 0.410 e. The monoisotopic (exact) mass is 472 g/mol. The normalized spacial score (nSPS) is 18.4. The zero-order chi connectivity index (χ0) is 23.6. The van der Waals surface area contributed by atoms with Crippen LogP contribution in [-0.4, -0.2) is 61.1 Å². The highest BCUT2D eigenvalue weighted by molar-refractivity contribution is 6.30. The second-order valence-electron chi connectivity index (χ2n) is 8.86. The van der Waals surface area contributed by atoms with Crippen molar-refractivity contribution < 1.29 is 18.7 Å². The second-order valence-corrected chi connectivity index (χ2v) is 9.29. The Balaban J connectivity index is 1.45. The topological polar surface area (TPSA) is 115 Å². The number of aromatic nitrogens is 4. The fraction of sp³-hybridized carbons (Fsp3) is 0.409. The third-order valence-electron chi connectivity index (χ3n) is 5.06. The largest absolute Gasteiger partial charge is 0.444 e. The molecule has 33 heavy (non-hydrogen) atoms. The molecule has 3 aromatic rings. The van der Waals surface area contributed by atoms with Crippen molar-refractivity contribution in [2.75, 3.05) is 6.54 Å². The maximum absolute atomic E-state index is 12.8. The lowest BCUT2D eigenvalue weighted by molar-refractivity contribution is 0.0207. The molecule has 1 fully saturated rings. The molecule has 1 aromatic carbocycles. The van der Waals surface area contributed by atoms with Gasteiger partial charge in [-0.25, -0.2) is 9.78 Å². The molecule has 0 bridgehead atoms. The highest BCUT2D eigenvalue weighted by atomic mass is 35.5. The van der Waals surface area contributed by atoms with E-state index in [-0.39, 0.29) is 18.0 Å². The molecule has 4 rings (SSSR count). The molecule has 2 aromatic heterocycles. The Morgan fingerprint density at radius 2 is 2.15 bits per heavy atom. The highest BCUT2D eigenvalue weighted by Gasteiger charge is 2.39. The van der Waals surface area contributed by atoms with Gasteiger partial charge in [-0.15, -0.1) is 5.10 Å². The van der Waals surface area contributed by atoms with E-state index in [2.05, 4.69) is 20.6 Å². The summed E-state index contributed by atoms with van der Waals surface area (Å²) in [5.74, 6) is -0.0825. The third-order valence-corrected chi connectivity index (χ3v) is 5.29. The molecule has 2 amide bonds. The molecule has 3 heterocycles. The Morgan fingerprint density at radius 3 is 2.85 bits per heavy atom. The average Bonchev–Trinajstić information content (AvgIpc) is 3.48. The molecule has 1 aliphatic rings. The molecule has 2 unspecified atom stereocenters. The van der Waals surface area contributed by atoms with E-state index in [1.807, 2.05) is 26.8 Å². The molecule has 1 N–H and O–H groups in total. The molecular formula is C22H25ClN6O4. The number of rotatable bonds is 5. The first-order valence-corrected chi connectivity index (χ1v) is 10.9. The molecule has 11 heteroatoms. The van der Waals surface area contributed by atoms with Crippen LogP contribution in [0.3, 0.4) is 0 Å². The van der Waals surface area contributed by atoms with Crippen LogP contribution in [0.15, 0.2) is 47.3 Å². The summed E-state index contributed by atoms with van der Waals surface area (Å²) in [7, 11) is 0. The molecule has 174 valence electrons. The van der Waals surface area contributed by atoms with Crippen LogP contribution < -0.4 is 5.32 Å². The van der Waals surface area contributed by atoms with Crippen molar-refractivity contribution >= 4 is 23.6 Å². The van der Waals surface area contributed by atoms with Crippen molar-refractivity contribution in [2.45, 2.75) is 51.4 Å². The van der Waals surface area contributed by atoms with E-state index in [4.69, 9.17) is 20.8 Å². The summed E-state index contributed by atoms with van der Waals surface area (Å²) in [6.07, 6.45) is 4.86. The van der Waals surface area contributed by atoms with Gasteiger partial charge in [0, 0.05) is 29.4 Å². The van der Waals surface area contributed by atoms with E-state index in [0.29, 0.717) is 30.3 Å². The van der Waals surface area contributed by atoms with Gasteiger partial charge >= 0.3 is 12.0 Å². The Hall–Kier alpha value is -3.40. The van der Waals surface area contributed by atoms with Crippen LogP contribution in [0.1, 0.15) is 37.9 Å². The number of nitrogens with one attached hydrogen (secondary N) is 1. The van der Waals surface area contributed by atoms with Crippen LogP contribution in [0, 0.1) is 0 Å². The fourth-order valence-corrected chi connectivity index (χ4v) is 3.88. The predicted molar refractivity (Wildman–Crippen MR) is 120 cm³/mol. The zero-order valence-corrected chi connectivity index (χ0v) is 19.3. The van der Waals surface area contributed by atoms with Crippen LogP contribution >= 0.6 is 11.6 Å². The summed E-state index contributed by atoms with van der Waals surface area (Å²) < 4.78 is 12.8. The summed E-state index contributed by atoms with van der Waals surface area (Å²) in [6, 6.07) is 6.56. The maximum Gasteiger partial charge on any atom is 0.410 e. The summed E-state index contributed by atoms with van der Waals surface area (Å²) in [4.78, 5) is 31.3. The van der Waals surface area contributed by atoms with Crippen LogP contribution in [0.2, 0.25) is 5.02 Å². The molecular weight excluding hydrogens is 448 g/mol. The Morgan fingerprint density at radius 1 is 1.33 bits per heavy atom. The minimum absolute atomic E-state index is 0.0616. The van der Waals surface area contributed by atoms with Gasteiger partial charge in [-0.05, 0) is 39.3 Å². The van der Waals surface area contributed by atoms with Gasteiger partial charge in [0.2, 0.25) is 0 Å². The van der Waals surface area contributed by atoms with Crippen LogP contribution in [0.4, 0.5) is 4.79 Å². The number of carbonyl (C=O) groups is 2. The number of nitrogens with zero attached hydrogens (tertiary/aromatic N) is 5. The highest BCUT2D eigenvalue weighted by Crippen LogP contribution is 2.25. The van der Waals surface area contributed by atoms with Crippen LogP contribution in [0.25, 0.3) is 11.3 Å². The molecule has 0 radical (unpaired) electrons. The summed E-state index contributed by atoms with van der Waals surface area (Å²) in [5, 5.41) is 11.3. The minimum atomic E-state index is -0.634. The lowest BCUT2D eigenvalue weighted by Gasteiger charge is -2.28. The Labute approximate surface area is 195 Å².